The highest BCUT2D eigenvalue weighted by Crippen LogP contribution is 2.22. The summed E-state index contributed by atoms with van der Waals surface area (Å²) in [6.07, 6.45) is 3.13. The number of nitrogens with zero attached hydrogens (tertiary/aromatic N) is 3. The molecule has 4 nitrogen and oxygen atoms in total. The highest BCUT2D eigenvalue weighted by Gasteiger charge is 2.35. The van der Waals surface area contributed by atoms with Gasteiger partial charge in [0.1, 0.15) is 0 Å². The van der Waals surface area contributed by atoms with Gasteiger partial charge in [0, 0.05) is 13.2 Å². The molecule has 0 amide bonds. The average molecular weight is 251 g/mol. The third-order valence-electron chi connectivity index (χ3n) is 3.86. The Morgan fingerprint density at radius 3 is 2.39 bits per heavy atom. The Balaban J connectivity index is 2.84. The van der Waals surface area contributed by atoms with Gasteiger partial charge < -0.3 is 0 Å². The molecule has 0 aliphatic rings. The summed E-state index contributed by atoms with van der Waals surface area (Å²) in [6.45, 7) is 10.1. The van der Waals surface area contributed by atoms with Crippen LogP contribution in [0.2, 0.25) is 0 Å². The Bertz CT molecular complexity index is 395. The first-order valence-corrected chi connectivity index (χ1v) is 6.74. The van der Waals surface area contributed by atoms with Crippen LogP contribution in [0.4, 0.5) is 0 Å². The lowest BCUT2D eigenvalue weighted by molar-refractivity contribution is -0.129. The maximum Gasteiger partial charge on any atom is 0.158 e. The molecule has 1 aromatic rings. The van der Waals surface area contributed by atoms with Crippen molar-refractivity contribution in [2.45, 2.75) is 46.1 Å². The van der Waals surface area contributed by atoms with Crippen molar-refractivity contribution in [1.82, 2.24) is 14.7 Å². The Morgan fingerprint density at radius 2 is 2.00 bits per heavy atom. The van der Waals surface area contributed by atoms with Crippen molar-refractivity contribution in [3.8, 4) is 0 Å². The molecule has 1 heterocycles. The molecular weight excluding hydrogens is 226 g/mol. The number of rotatable bonds is 7. The van der Waals surface area contributed by atoms with E-state index < -0.39 is 0 Å². The smallest absolute Gasteiger partial charge is 0.158 e. The van der Waals surface area contributed by atoms with Crippen molar-refractivity contribution in [3.63, 3.8) is 0 Å². The van der Waals surface area contributed by atoms with Gasteiger partial charge in [0.25, 0.3) is 0 Å². The molecule has 1 aromatic heterocycles. The molecule has 0 saturated heterocycles. The summed E-state index contributed by atoms with van der Waals surface area (Å²) in [4.78, 5) is 14.8. The predicted molar refractivity (Wildman–Crippen MR) is 73.5 cm³/mol. The molecule has 1 unspecified atom stereocenters. The van der Waals surface area contributed by atoms with Crippen LogP contribution >= 0.6 is 0 Å². The molecule has 0 aliphatic carbocycles. The molecule has 0 saturated carbocycles. The van der Waals surface area contributed by atoms with Crippen LogP contribution in [-0.2, 0) is 18.3 Å². The third-order valence-corrected chi connectivity index (χ3v) is 3.86. The van der Waals surface area contributed by atoms with Crippen molar-refractivity contribution in [3.05, 3.63) is 18.0 Å². The first kappa shape index (κ1) is 14.9. The number of carbonyl (C=O) groups excluding carboxylic acids is 1. The molecule has 0 bridgehead atoms. The number of carbonyl (C=O) groups is 1. The Morgan fingerprint density at radius 1 is 1.39 bits per heavy atom. The number of aromatic nitrogens is 2. The Labute approximate surface area is 110 Å². The van der Waals surface area contributed by atoms with Crippen LogP contribution in [0.25, 0.3) is 0 Å². The zero-order valence-corrected chi connectivity index (χ0v) is 12.2. The van der Waals surface area contributed by atoms with Crippen molar-refractivity contribution < 1.29 is 4.79 Å². The quantitative estimate of drug-likeness (QED) is 0.744. The highest BCUT2D eigenvalue weighted by atomic mass is 16.1. The average Bonchev–Trinajstić information content (AvgIpc) is 2.75. The molecule has 1 rings (SSSR count). The number of aryl methyl sites for hydroxylation is 1. The van der Waals surface area contributed by atoms with Gasteiger partial charge in [-0.15, -0.1) is 0 Å². The van der Waals surface area contributed by atoms with E-state index >= 15 is 0 Å². The van der Waals surface area contributed by atoms with Crippen LogP contribution in [0, 0.1) is 0 Å². The summed E-state index contributed by atoms with van der Waals surface area (Å²) < 4.78 is 1.74. The van der Waals surface area contributed by atoms with E-state index in [9.17, 15) is 4.79 Å². The zero-order chi connectivity index (χ0) is 13.8. The molecule has 0 aliphatic heterocycles. The second-order valence-corrected chi connectivity index (χ2v) is 4.88. The number of hydrogen-bond donors (Lipinski definition) is 0. The van der Waals surface area contributed by atoms with Crippen molar-refractivity contribution in [2.75, 3.05) is 13.1 Å². The van der Waals surface area contributed by atoms with Gasteiger partial charge >= 0.3 is 0 Å². The molecule has 0 aromatic carbocycles. The monoisotopic (exact) mass is 251 g/mol. The van der Waals surface area contributed by atoms with E-state index in [1.54, 1.807) is 4.68 Å². The van der Waals surface area contributed by atoms with Gasteiger partial charge in [0.15, 0.2) is 5.78 Å². The summed E-state index contributed by atoms with van der Waals surface area (Å²) in [5, 5.41) is 4.29. The van der Waals surface area contributed by atoms with Crippen molar-refractivity contribution in [1.29, 1.82) is 0 Å². The number of likely N-dealkylation sites (N-methyl/N-ethyl adjacent to an activating group) is 1. The SMILES string of the molecule is CCN(CC)C(C)(CC)C(=O)Cc1ccn(C)n1. The molecule has 0 N–H and O–H groups in total. The number of Topliss-reactive ketones (excluding diaryl/α,β-unsaturated/α-hetero) is 1. The first-order chi connectivity index (χ1) is 8.47. The van der Waals surface area contributed by atoms with Crippen molar-refractivity contribution in [2.24, 2.45) is 7.05 Å². The van der Waals surface area contributed by atoms with E-state index in [0.717, 1.165) is 25.2 Å². The molecule has 4 heteroatoms. The van der Waals surface area contributed by atoms with Crippen LogP contribution in [0.3, 0.4) is 0 Å². The second-order valence-electron chi connectivity index (χ2n) is 4.88. The maximum absolute atomic E-state index is 12.5. The lowest BCUT2D eigenvalue weighted by Crippen LogP contribution is -2.52. The molecule has 1 atom stereocenters. The standard InChI is InChI=1S/C14H25N3O/c1-6-14(4,17(7-2)8-3)13(18)11-12-9-10-16(5)15-12/h9-10H,6-8,11H2,1-5H3. The molecule has 18 heavy (non-hydrogen) atoms. The lowest BCUT2D eigenvalue weighted by atomic mass is 9.88. The van der Waals surface area contributed by atoms with Crippen LogP contribution < -0.4 is 0 Å². The number of ketones is 1. The molecule has 0 radical (unpaired) electrons. The van der Waals surface area contributed by atoms with Crippen LogP contribution in [0.15, 0.2) is 12.3 Å². The van der Waals surface area contributed by atoms with Gasteiger partial charge in [-0.1, -0.05) is 20.8 Å². The van der Waals surface area contributed by atoms with E-state index in [1.165, 1.54) is 0 Å². The first-order valence-electron chi connectivity index (χ1n) is 6.74. The maximum atomic E-state index is 12.5. The summed E-state index contributed by atoms with van der Waals surface area (Å²) >= 11 is 0. The fourth-order valence-electron chi connectivity index (χ4n) is 2.43. The Hall–Kier alpha value is -1.16. The van der Waals surface area contributed by atoms with E-state index in [4.69, 9.17) is 0 Å². The lowest BCUT2D eigenvalue weighted by Gasteiger charge is -2.38. The molecule has 0 spiro atoms. The third kappa shape index (κ3) is 2.99. The highest BCUT2D eigenvalue weighted by molar-refractivity contribution is 5.89. The minimum atomic E-state index is -0.374. The second kappa shape index (κ2) is 6.14. The van der Waals surface area contributed by atoms with E-state index in [2.05, 4.69) is 30.8 Å². The fraction of sp³-hybridized carbons (Fsp3) is 0.714. The minimum Gasteiger partial charge on any atom is -0.297 e. The molecule has 0 fully saturated rings. The van der Waals surface area contributed by atoms with E-state index in [1.807, 2.05) is 26.2 Å². The largest absolute Gasteiger partial charge is 0.297 e. The summed E-state index contributed by atoms with van der Waals surface area (Å²) in [7, 11) is 1.87. The van der Waals surface area contributed by atoms with Gasteiger partial charge in [-0.05, 0) is 32.5 Å². The molecular formula is C14H25N3O. The molecule has 102 valence electrons. The normalized spacial score (nSPS) is 14.8. The minimum absolute atomic E-state index is 0.257. The summed E-state index contributed by atoms with van der Waals surface area (Å²) in [5.41, 5.74) is 0.482. The van der Waals surface area contributed by atoms with Crippen molar-refractivity contribution >= 4 is 5.78 Å². The van der Waals surface area contributed by atoms with Gasteiger partial charge in [-0.25, -0.2) is 0 Å². The van der Waals surface area contributed by atoms with Gasteiger partial charge in [0.2, 0.25) is 0 Å². The Kier molecular flexibility index (Phi) is 5.08. The van der Waals surface area contributed by atoms with Gasteiger partial charge in [-0.2, -0.15) is 5.10 Å². The topological polar surface area (TPSA) is 38.1 Å². The van der Waals surface area contributed by atoms with Gasteiger partial charge in [-0.3, -0.25) is 14.4 Å². The fourth-order valence-corrected chi connectivity index (χ4v) is 2.43. The summed E-state index contributed by atoms with van der Waals surface area (Å²) in [5.74, 6) is 0.257. The van der Waals surface area contributed by atoms with Gasteiger partial charge in [0.05, 0.1) is 17.7 Å². The van der Waals surface area contributed by atoms with E-state index in [-0.39, 0.29) is 11.3 Å². The zero-order valence-electron chi connectivity index (χ0n) is 12.2. The summed E-state index contributed by atoms with van der Waals surface area (Å²) in [6, 6.07) is 1.91. The number of hydrogen-bond acceptors (Lipinski definition) is 3. The van der Waals surface area contributed by atoms with Crippen LogP contribution in [-0.4, -0.2) is 39.1 Å². The predicted octanol–water partition coefficient (Wildman–Crippen LogP) is 2.04. The van der Waals surface area contributed by atoms with Crippen LogP contribution in [0.5, 0.6) is 0 Å². The van der Waals surface area contributed by atoms with Crippen LogP contribution in [0.1, 0.15) is 39.8 Å². The van der Waals surface area contributed by atoms with E-state index in [0.29, 0.717) is 6.42 Å².